The lowest BCUT2D eigenvalue weighted by Gasteiger charge is -2.46. The summed E-state index contributed by atoms with van der Waals surface area (Å²) in [6.45, 7) is 2.85. The summed E-state index contributed by atoms with van der Waals surface area (Å²) in [6.07, 6.45) is 60.6. The molecule has 14 heteroatoms. The van der Waals surface area contributed by atoms with Gasteiger partial charge in [-0.3, -0.25) is 4.79 Å². The molecule has 2 rings (SSSR count). The van der Waals surface area contributed by atoms with E-state index in [0.717, 1.165) is 44.9 Å². The van der Waals surface area contributed by atoms with E-state index in [1.165, 1.54) is 270 Å². The van der Waals surface area contributed by atoms with E-state index in [9.17, 15) is 45.6 Å². The van der Waals surface area contributed by atoms with Crippen molar-refractivity contribution in [2.24, 2.45) is 0 Å². The first kappa shape index (κ1) is 83.3. The molecule has 14 nitrogen and oxygen atoms in total. The zero-order valence-corrected chi connectivity index (χ0v) is 57.2. The number of amides is 1. The Morgan fingerprint density at radius 1 is 0.404 bits per heavy atom. The average molecular weight is 1260 g/mol. The van der Waals surface area contributed by atoms with Crippen molar-refractivity contribution >= 4 is 5.91 Å². The Kier molecular flexibility index (Phi) is 56.1. The molecule has 0 aromatic rings. The molecular formula is C75H141NO13. The third kappa shape index (κ3) is 43.7. The van der Waals surface area contributed by atoms with Crippen LogP contribution in [0, 0.1) is 0 Å². The van der Waals surface area contributed by atoms with E-state index in [0.29, 0.717) is 6.42 Å². The van der Waals surface area contributed by atoms with Crippen LogP contribution in [0.1, 0.15) is 341 Å². The number of ether oxygens (including phenoxy) is 4. The Morgan fingerprint density at radius 3 is 1.12 bits per heavy atom. The molecule has 1 amide bonds. The van der Waals surface area contributed by atoms with Gasteiger partial charge in [0.15, 0.2) is 12.6 Å². The summed E-state index contributed by atoms with van der Waals surface area (Å²) in [4.78, 5) is 13.4. The highest BCUT2D eigenvalue weighted by Gasteiger charge is 2.51. The van der Waals surface area contributed by atoms with Gasteiger partial charge in [-0.05, 0) is 51.4 Å². The molecule has 524 valence electrons. The van der Waals surface area contributed by atoms with E-state index >= 15 is 0 Å². The van der Waals surface area contributed by atoms with Crippen LogP contribution in [0.4, 0.5) is 0 Å². The zero-order chi connectivity index (χ0) is 64.5. The SMILES string of the molecule is CCCCCCC/C=C\C/C=C\CCCCCCCCCCCCCCCCCC(=O)NC(COC1OC(CO)C(OC2OC(CO)C(O)C(O)C2O)C(O)C1O)C(O)/C=C/CCCCCCCCCCCCCCCCCCCCCCCCCCCC. The van der Waals surface area contributed by atoms with Crippen molar-refractivity contribution in [3.8, 4) is 0 Å². The molecular weight excluding hydrogens is 1120 g/mol. The summed E-state index contributed by atoms with van der Waals surface area (Å²) in [7, 11) is 0. The van der Waals surface area contributed by atoms with Gasteiger partial charge >= 0.3 is 0 Å². The second-order valence-corrected chi connectivity index (χ2v) is 26.8. The maximum Gasteiger partial charge on any atom is 0.220 e. The monoisotopic (exact) mass is 1260 g/mol. The lowest BCUT2D eigenvalue weighted by atomic mass is 9.97. The number of carbonyl (C=O) groups excluding carboxylic acids is 1. The van der Waals surface area contributed by atoms with Gasteiger partial charge in [0, 0.05) is 6.42 Å². The third-order valence-electron chi connectivity index (χ3n) is 18.6. The van der Waals surface area contributed by atoms with Gasteiger partial charge in [-0.25, -0.2) is 0 Å². The summed E-state index contributed by atoms with van der Waals surface area (Å²) in [5.41, 5.74) is 0. The van der Waals surface area contributed by atoms with Gasteiger partial charge in [0.1, 0.15) is 48.8 Å². The van der Waals surface area contributed by atoms with Gasteiger partial charge in [0.2, 0.25) is 5.91 Å². The second-order valence-electron chi connectivity index (χ2n) is 26.8. The lowest BCUT2D eigenvalue weighted by molar-refractivity contribution is -0.359. The van der Waals surface area contributed by atoms with E-state index in [2.05, 4.69) is 43.5 Å². The molecule has 0 aliphatic carbocycles. The first-order chi connectivity index (χ1) is 43.6. The number of rotatable bonds is 63. The molecule has 89 heavy (non-hydrogen) atoms. The highest BCUT2D eigenvalue weighted by atomic mass is 16.7. The number of carbonyl (C=O) groups is 1. The fourth-order valence-corrected chi connectivity index (χ4v) is 12.6. The first-order valence-electron chi connectivity index (χ1n) is 37.7. The van der Waals surface area contributed by atoms with E-state index in [4.69, 9.17) is 18.9 Å². The molecule has 0 aromatic heterocycles. The lowest BCUT2D eigenvalue weighted by Crippen LogP contribution is -2.65. The number of unbranched alkanes of at least 4 members (excludes halogenated alkanes) is 46. The maximum atomic E-state index is 13.4. The van der Waals surface area contributed by atoms with Crippen LogP contribution in [0.5, 0.6) is 0 Å². The maximum absolute atomic E-state index is 13.4. The minimum Gasteiger partial charge on any atom is -0.394 e. The van der Waals surface area contributed by atoms with Crippen LogP contribution < -0.4 is 5.32 Å². The number of allylic oxidation sites excluding steroid dienone is 5. The molecule has 2 aliphatic heterocycles. The van der Waals surface area contributed by atoms with E-state index in [1.54, 1.807) is 6.08 Å². The summed E-state index contributed by atoms with van der Waals surface area (Å²) in [5.74, 6) is -0.234. The van der Waals surface area contributed by atoms with Crippen LogP contribution in [-0.4, -0.2) is 140 Å². The van der Waals surface area contributed by atoms with E-state index in [1.807, 2.05) is 6.08 Å². The van der Waals surface area contributed by atoms with Crippen molar-refractivity contribution in [3.63, 3.8) is 0 Å². The highest BCUT2D eigenvalue weighted by Crippen LogP contribution is 2.30. The van der Waals surface area contributed by atoms with Crippen molar-refractivity contribution in [1.29, 1.82) is 0 Å². The summed E-state index contributed by atoms with van der Waals surface area (Å²) in [5, 5.41) is 87.6. The van der Waals surface area contributed by atoms with Crippen molar-refractivity contribution < 1.29 is 64.6 Å². The standard InChI is InChI=1S/C75H141NO13/c1-3-5-7-9-11-13-15-17-19-21-23-25-27-29-31-33-34-36-38-40-42-44-46-48-50-52-54-56-58-64(79)63(62-86-74-72(85)70(83)73(66(61-78)88-74)89-75-71(84)69(82)68(81)65(60-77)87-75)76-67(80)59-57-55-53-51-49-47-45-43-41-39-37-35-32-30-28-26-24-22-20-18-16-14-12-10-8-6-4-2/h16,18,22,24,56,58,63-66,68-75,77-79,81-85H,3-15,17,19-21,23,25-55,57,59-62H2,1-2H3,(H,76,80)/b18-16-,24-22-,58-56+. The van der Waals surface area contributed by atoms with Crippen LogP contribution in [0.25, 0.3) is 0 Å². The number of hydrogen-bond donors (Lipinski definition) is 9. The molecule has 2 fully saturated rings. The molecule has 12 unspecified atom stereocenters. The van der Waals surface area contributed by atoms with Gasteiger partial charge in [0.05, 0.1) is 32.0 Å². The smallest absolute Gasteiger partial charge is 0.220 e. The number of nitrogens with one attached hydrogen (secondary N) is 1. The quantitative estimate of drug-likeness (QED) is 0.0204. The van der Waals surface area contributed by atoms with Crippen LogP contribution in [0.2, 0.25) is 0 Å². The molecule has 2 heterocycles. The summed E-state index contributed by atoms with van der Waals surface area (Å²) < 4.78 is 22.9. The minimum atomic E-state index is -1.79. The number of hydrogen-bond acceptors (Lipinski definition) is 13. The Balaban J connectivity index is 1.65. The summed E-state index contributed by atoms with van der Waals surface area (Å²) in [6, 6.07) is -0.916. The average Bonchev–Trinajstić information content (AvgIpc) is 2.75. The van der Waals surface area contributed by atoms with Crippen molar-refractivity contribution in [2.75, 3.05) is 19.8 Å². The Morgan fingerprint density at radius 2 is 0.742 bits per heavy atom. The number of aliphatic hydroxyl groups is 8. The normalized spacial score (nSPS) is 23.2. The highest BCUT2D eigenvalue weighted by molar-refractivity contribution is 5.76. The van der Waals surface area contributed by atoms with Crippen LogP contribution in [0.3, 0.4) is 0 Å². The molecule has 0 spiro atoms. The molecule has 0 aromatic carbocycles. The first-order valence-corrected chi connectivity index (χ1v) is 37.7. The van der Waals surface area contributed by atoms with E-state index in [-0.39, 0.29) is 18.9 Å². The van der Waals surface area contributed by atoms with E-state index < -0.39 is 86.8 Å². The fraction of sp³-hybridized carbons (Fsp3) is 0.907. The van der Waals surface area contributed by atoms with Crippen LogP contribution in [-0.2, 0) is 23.7 Å². The van der Waals surface area contributed by atoms with Crippen LogP contribution >= 0.6 is 0 Å². The predicted molar refractivity (Wildman–Crippen MR) is 365 cm³/mol. The van der Waals surface area contributed by atoms with Crippen molar-refractivity contribution in [2.45, 2.75) is 415 Å². The topological polar surface area (TPSA) is 228 Å². The van der Waals surface area contributed by atoms with Crippen molar-refractivity contribution in [1.82, 2.24) is 5.32 Å². The Bertz CT molecular complexity index is 1630. The molecule has 0 saturated carbocycles. The fourth-order valence-electron chi connectivity index (χ4n) is 12.6. The van der Waals surface area contributed by atoms with Gasteiger partial charge in [-0.2, -0.15) is 0 Å². The van der Waals surface area contributed by atoms with Crippen LogP contribution in [0.15, 0.2) is 36.5 Å². The minimum absolute atomic E-state index is 0.234. The van der Waals surface area contributed by atoms with Gasteiger partial charge < -0.3 is 65.1 Å². The van der Waals surface area contributed by atoms with Gasteiger partial charge in [-0.1, -0.05) is 320 Å². The molecule has 9 N–H and O–H groups in total. The molecule has 2 aliphatic rings. The van der Waals surface area contributed by atoms with Gasteiger partial charge in [0.25, 0.3) is 0 Å². The molecule has 0 bridgehead atoms. The number of aliphatic hydroxyl groups excluding tert-OH is 8. The second kappa shape index (κ2) is 59.9. The third-order valence-corrected chi connectivity index (χ3v) is 18.6. The van der Waals surface area contributed by atoms with Crippen molar-refractivity contribution in [3.05, 3.63) is 36.5 Å². The molecule has 2 saturated heterocycles. The molecule has 0 radical (unpaired) electrons. The largest absolute Gasteiger partial charge is 0.394 e. The zero-order valence-electron chi connectivity index (χ0n) is 57.2. The molecule has 12 atom stereocenters. The predicted octanol–water partition coefficient (Wildman–Crippen LogP) is 16.1. The van der Waals surface area contributed by atoms with Gasteiger partial charge in [-0.15, -0.1) is 0 Å². The summed E-state index contributed by atoms with van der Waals surface area (Å²) >= 11 is 0. The Labute approximate surface area is 544 Å². The Hall–Kier alpha value is -1.79.